The predicted molar refractivity (Wildman–Crippen MR) is 62.7 cm³/mol. The van der Waals surface area contributed by atoms with Crippen LogP contribution in [0.25, 0.3) is 0 Å². The van der Waals surface area contributed by atoms with Gasteiger partial charge in [-0.3, -0.25) is 9.59 Å². The van der Waals surface area contributed by atoms with Gasteiger partial charge in [-0.25, -0.2) is 0 Å². The van der Waals surface area contributed by atoms with E-state index in [9.17, 15) is 19.8 Å². The van der Waals surface area contributed by atoms with Crippen LogP contribution in [0.1, 0.15) is 12.8 Å². The van der Waals surface area contributed by atoms with E-state index in [0.717, 1.165) is 4.90 Å². The maximum Gasteiger partial charge on any atom is 0.320 e. The van der Waals surface area contributed by atoms with E-state index < -0.39 is 43.0 Å². The Morgan fingerprint density at radius 2 is 1.79 bits per heavy atom. The zero-order valence-corrected chi connectivity index (χ0v) is 10.5. The first-order chi connectivity index (χ1) is 8.72. The normalized spacial score (nSPS) is 17.4. The number of rotatable bonds is 8. The highest BCUT2D eigenvalue weighted by Crippen LogP contribution is 2.07. The summed E-state index contributed by atoms with van der Waals surface area (Å²) in [6.45, 7) is -0.774. The fraction of sp³-hybridized carbons (Fsp3) is 0.800. The summed E-state index contributed by atoms with van der Waals surface area (Å²) in [5.74, 6) is -1.89. The van der Waals surface area contributed by atoms with Gasteiger partial charge in [0.15, 0.2) is 6.23 Å². The molecule has 0 aromatic heterocycles. The molecule has 19 heavy (non-hydrogen) atoms. The third-order valence-corrected chi connectivity index (χ3v) is 2.66. The monoisotopic (exact) mass is 280 g/mol. The number of nitrogens with zero attached hydrogens (tertiary/aromatic N) is 1. The zero-order chi connectivity index (χ0) is 15.2. The third kappa shape index (κ3) is 5.49. The SMILES string of the molecule is CN(C(=O)CC[C@@H](N)C(=O)O)C(O)[C@H](O)C(O)CO. The lowest BCUT2D eigenvalue weighted by atomic mass is 10.1. The molecule has 0 aliphatic carbocycles. The molecule has 0 saturated carbocycles. The summed E-state index contributed by atoms with van der Waals surface area (Å²) in [4.78, 5) is 22.8. The van der Waals surface area contributed by atoms with E-state index in [1.807, 2.05) is 0 Å². The van der Waals surface area contributed by atoms with Gasteiger partial charge in [0.25, 0.3) is 0 Å². The van der Waals surface area contributed by atoms with Crippen LogP contribution in [0, 0.1) is 0 Å². The Bertz CT molecular complexity index is 312. The molecule has 0 aliphatic heterocycles. The van der Waals surface area contributed by atoms with Crippen molar-refractivity contribution in [2.45, 2.75) is 37.3 Å². The molecule has 2 unspecified atom stereocenters. The van der Waals surface area contributed by atoms with Crippen molar-refractivity contribution >= 4 is 11.9 Å². The van der Waals surface area contributed by atoms with Crippen molar-refractivity contribution in [2.24, 2.45) is 5.73 Å². The predicted octanol–water partition coefficient (Wildman–Crippen LogP) is -3.33. The highest BCUT2D eigenvalue weighted by molar-refractivity contribution is 5.78. The molecule has 7 N–H and O–H groups in total. The van der Waals surface area contributed by atoms with E-state index in [2.05, 4.69) is 0 Å². The minimum Gasteiger partial charge on any atom is -0.480 e. The second kappa shape index (κ2) is 8.02. The maximum atomic E-state index is 11.6. The third-order valence-electron chi connectivity index (χ3n) is 2.66. The van der Waals surface area contributed by atoms with E-state index in [4.69, 9.17) is 21.1 Å². The van der Waals surface area contributed by atoms with Gasteiger partial charge in [0.1, 0.15) is 18.2 Å². The Morgan fingerprint density at radius 1 is 1.26 bits per heavy atom. The number of carbonyl (C=O) groups excluding carboxylic acids is 1. The molecule has 0 aliphatic rings. The van der Waals surface area contributed by atoms with Gasteiger partial charge in [0, 0.05) is 13.5 Å². The molecular formula is C10H20N2O7. The number of carboxylic acids is 1. The Labute approximate surface area is 109 Å². The first-order valence-electron chi connectivity index (χ1n) is 5.61. The van der Waals surface area contributed by atoms with Crippen molar-refractivity contribution in [3.8, 4) is 0 Å². The van der Waals surface area contributed by atoms with Crippen molar-refractivity contribution in [3.05, 3.63) is 0 Å². The molecule has 0 saturated heterocycles. The van der Waals surface area contributed by atoms with Crippen molar-refractivity contribution in [3.63, 3.8) is 0 Å². The summed E-state index contributed by atoms with van der Waals surface area (Å²) in [5, 5.41) is 45.2. The molecule has 112 valence electrons. The summed E-state index contributed by atoms with van der Waals surface area (Å²) >= 11 is 0. The Kier molecular flexibility index (Phi) is 7.49. The minimum atomic E-state index is -1.73. The van der Waals surface area contributed by atoms with Gasteiger partial charge >= 0.3 is 5.97 Å². The number of aliphatic hydroxyl groups is 4. The van der Waals surface area contributed by atoms with Crippen LogP contribution in [0.4, 0.5) is 0 Å². The van der Waals surface area contributed by atoms with Gasteiger partial charge in [0.2, 0.25) is 5.91 Å². The van der Waals surface area contributed by atoms with Gasteiger partial charge in [0.05, 0.1) is 6.61 Å². The molecule has 0 fully saturated rings. The van der Waals surface area contributed by atoms with E-state index >= 15 is 0 Å². The molecule has 0 spiro atoms. The average molecular weight is 280 g/mol. The molecule has 1 amide bonds. The molecule has 4 atom stereocenters. The number of amides is 1. The topological polar surface area (TPSA) is 165 Å². The Hall–Kier alpha value is -1.26. The Morgan fingerprint density at radius 3 is 2.21 bits per heavy atom. The van der Waals surface area contributed by atoms with Gasteiger partial charge in [-0.2, -0.15) is 0 Å². The van der Waals surface area contributed by atoms with Crippen LogP contribution in [-0.4, -0.2) is 80.4 Å². The Balaban J connectivity index is 4.36. The largest absolute Gasteiger partial charge is 0.480 e. The fourth-order valence-corrected chi connectivity index (χ4v) is 1.26. The number of hydrogen-bond donors (Lipinski definition) is 6. The van der Waals surface area contributed by atoms with Gasteiger partial charge in [-0.1, -0.05) is 0 Å². The molecule has 9 heteroatoms. The van der Waals surface area contributed by atoms with Gasteiger partial charge in [-0.15, -0.1) is 0 Å². The maximum absolute atomic E-state index is 11.6. The van der Waals surface area contributed by atoms with Crippen molar-refractivity contribution in [1.82, 2.24) is 4.90 Å². The smallest absolute Gasteiger partial charge is 0.320 e. The number of carboxylic acid groups (broad SMARTS) is 1. The number of aliphatic carboxylic acids is 1. The minimum absolute atomic E-state index is 0.121. The fourth-order valence-electron chi connectivity index (χ4n) is 1.26. The first kappa shape index (κ1) is 17.7. The molecular weight excluding hydrogens is 260 g/mol. The molecule has 0 radical (unpaired) electrons. The second-order valence-corrected chi connectivity index (χ2v) is 4.14. The highest BCUT2D eigenvalue weighted by Gasteiger charge is 2.30. The second-order valence-electron chi connectivity index (χ2n) is 4.14. The van der Waals surface area contributed by atoms with Crippen LogP contribution >= 0.6 is 0 Å². The molecule has 0 bridgehead atoms. The lowest BCUT2D eigenvalue weighted by Gasteiger charge is -2.29. The number of nitrogens with two attached hydrogens (primary N) is 1. The van der Waals surface area contributed by atoms with Crippen molar-refractivity contribution in [1.29, 1.82) is 0 Å². The molecule has 9 nitrogen and oxygen atoms in total. The molecule has 0 aromatic carbocycles. The van der Waals surface area contributed by atoms with Crippen LogP contribution in [-0.2, 0) is 9.59 Å². The lowest BCUT2D eigenvalue weighted by Crippen LogP contribution is -2.50. The van der Waals surface area contributed by atoms with Crippen LogP contribution in [0.15, 0.2) is 0 Å². The highest BCUT2D eigenvalue weighted by atomic mass is 16.4. The summed E-state index contributed by atoms with van der Waals surface area (Å²) < 4.78 is 0. The van der Waals surface area contributed by atoms with Crippen LogP contribution in [0.2, 0.25) is 0 Å². The van der Waals surface area contributed by atoms with Crippen LogP contribution in [0.5, 0.6) is 0 Å². The van der Waals surface area contributed by atoms with Gasteiger partial charge in [-0.05, 0) is 6.42 Å². The van der Waals surface area contributed by atoms with Crippen LogP contribution in [0.3, 0.4) is 0 Å². The summed E-state index contributed by atoms with van der Waals surface area (Å²) in [6, 6.07) is -1.19. The standard InChI is InChI=1S/C10H20N2O7/c1-12(9(17)8(16)6(14)4-13)7(15)3-2-5(11)10(18)19/h5-6,8-9,13-14,16-17H,2-4,11H2,1H3,(H,18,19)/t5-,6?,8-,9?/m1/s1. The van der Waals surface area contributed by atoms with Gasteiger partial charge < -0.3 is 36.2 Å². The number of likely N-dealkylation sites (N-methyl/N-ethyl adjacent to an activating group) is 1. The van der Waals surface area contributed by atoms with Crippen molar-refractivity contribution < 1.29 is 35.1 Å². The van der Waals surface area contributed by atoms with E-state index in [1.54, 1.807) is 0 Å². The molecule has 0 aromatic rings. The van der Waals surface area contributed by atoms with E-state index in [-0.39, 0.29) is 12.8 Å². The van der Waals surface area contributed by atoms with E-state index in [1.165, 1.54) is 7.05 Å². The zero-order valence-electron chi connectivity index (χ0n) is 10.5. The quantitative estimate of drug-likeness (QED) is 0.251. The summed E-state index contributed by atoms with van der Waals surface area (Å²) in [6.07, 6.45) is -5.39. The summed E-state index contributed by atoms with van der Waals surface area (Å²) in [7, 11) is 1.17. The van der Waals surface area contributed by atoms with Crippen molar-refractivity contribution in [2.75, 3.05) is 13.7 Å². The number of hydrogen-bond acceptors (Lipinski definition) is 7. The molecule has 0 heterocycles. The lowest BCUT2D eigenvalue weighted by molar-refractivity contribution is -0.158. The number of aliphatic hydroxyl groups excluding tert-OH is 4. The number of carbonyl (C=O) groups is 2. The first-order valence-corrected chi connectivity index (χ1v) is 5.61. The molecule has 0 rings (SSSR count). The van der Waals surface area contributed by atoms with Crippen LogP contribution < -0.4 is 5.73 Å². The average Bonchev–Trinajstić information content (AvgIpc) is 2.40. The summed E-state index contributed by atoms with van der Waals surface area (Å²) in [5.41, 5.74) is 5.22. The van der Waals surface area contributed by atoms with E-state index in [0.29, 0.717) is 0 Å².